The Hall–Kier alpha value is -0.670. The van der Waals surface area contributed by atoms with Gasteiger partial charge in [-0.3, -0.25) is 0 Å². The standard InChI is InChI=1S/C16H17Cl2NS/c1-2-11(19)10-12-13(17)7-5-9-15(12)20-16-8-4-3-6-14(16)18/h3-9,11H,2,10,19H2,1H3. The number of benzene rings is 2. The fourth-order valence-corrected chi connectivity index (χ4v) is 3.46. The molecule has 0 amide bonds. The first-order valence-electron chi connectivity index (χ1n) is 6.57. The van der Waals surface area contributed by atoms with Crippen molar-refractivity contribution in [1.29, 1.82) is 0 Å². The second-order valence-electron chi connectivity index (χ2n) is 4.62. The van der Waals surface area contributed by atoms with Crippen molar-refractivity contribution in [2.45, 2.75) is 35.6 Å². The van der Waals surface area contributed by atoms with Gasteiger partial charge in [-0.1, -0.05) is 60.1 Å². The molecule has 0 aliphatic carbocycles. The second-order valence-corrected chi connectivity index (χ2v) is 6.52. The molecule has 106 valence electrons. The minimum Gasteiger partial charge on any atom is -0.327 e. The van der Waals surface area contributed by atoms with E-state index in [9.17, 15) is 0 Å². The minimum atomic E-state index is 0.125. The van der Waals surface area contributed by atoms with Crippen molar-refractivity contribution in [3.63, 3.8) is 0 Å². The zero-order valence-electron chi connectivity index (χ0n) is 11.3. The lowest BCUT2D eigenvalue weighted by molar-refractivity contribution is 0.641. The van der Waals surface area contributed by atoms with Crippen molar-refractivity contribution < 1.29 is 0 Å². The van der Waals surface area contributed by atoms with Gasteiger partial charge >= 0.3 is 0 Å². The van der Waals surface area contributed by atoms with Crippen LogP contribution < -0.4 is 5.73 Å². The van der Waals surface area contributed by atoms with Gasteiger partial charge in [-0.15, -0.1) is 0 Å². The van der Waals surface area contributed by atoms with Gasteiger partial charge in [0, 0.05) is 20.9 Å². The average molecular weight is 326 g/mol. The molecule has 0 aromatic heterocycles. The van der Waals surface area contributed by atoms with E-state index in [1.807, 2.05) is 36.4 Å². The van der Waals surface area contributed by atoms with Gasteiger partial charge < -0.3 is 5.73 Å². The molecule has 0 bridgehead atoms. The largest absolute Gasteiger partial charge is 0.327 e. The molecule has 1 nitrogen and oxygen atoms in total. The fourth-order valence-electron chi connectivity index (χ4n) is 1.89. The van der Waals surface area contributed by atoms with Crippen LogP contribution in [0, 0.1) is 0 Å². The Morgan fingerprint density at radius 1 is 1.00 bits per heavy atom. The highest BCUT2D eigenvalue weighted by atomic mass is 35.5. The van der Waals surface area contributed by atoms with Gasteiger partial charge in [0.15, 0.2) is 0 Å². The summed E-state index contributed by atoms with van der Waals surface area (Å²) >= 11 is 14.2. The Bertz CT molecular complexity index is 586. The molecule has 2 rings (SSSR count). The molecular formula is C16H17Cl2NS. The molecule has 0 radical (unpaired) electrons. The molecule has 1 unspecified atom stereocenters. The highest BCUT2D eigenvalue weighted by Gasteiger charge is 2.12. The summed E-state index contributed by atoms with van der Waals surface area (Å²) in [7, 11) is 0. The van der Waals surface area contributed by atoms with Crippen molar-refractivity contribution >= 4 is 35.0 Å². The minimum absolute atomic E-state index is 0.125. The molecule has 2 aromatic carbocycles. The highest BCUT2D eigenvalue weighted by molar-refractivity contribution is 7.99. The Kier molecular flexibility index (Phi) is 5.79. The third-order valence-corrected chi connectivity index (χ3v) is 5.10. The maximum absolute atomic E-state index is 6.33. The lowest BCUT2D eigenvalue weighted by Gasteiger charge is -2.15. The molecule has 0 aliphatic rings. The number of hydrogen-bond donors (Lipinski definition) is 1. The van der Waals surface area contributed by atoms with Gasteiger partial charge in [0.05, 0.1) is 5.02 Å². The van der Waals surface area contributed by atoms with E-state index in [4.69, 9.17) is 28.9 Å². The Morgan fingerprint density at radius 3 is 2.35 bits per heavy atom. The zero-order valence-corrected chi connectivity index (χ0v) is 13.6. The van der Waals surface area contributed by atoms with Crippen LogP contribution in [-0.2, 0) is 6.42 Å². The summed E-state index contributed by atoms with van der Waals surface area (Å²) in [4.78, 5) is 2.15. The SMILES string of the molecule is CCC(N)Cc1c(Cl)cccc1Sc1ccccc1Cl. The van der Waals surface area contributed by atoms with Gasteiger partial charge in [0.1, 0.15) is 0 Å². The van der Waals surface area contributed by atoms with Crippen molar-refractivity contribution in [1.82, 2.24) is 0 Å². The van der Waals surface area contributed by atoms with E-state index in [1.165, 1.54) is 0 Å². The van der Waals surface area contributed by atoms with Crippen LogP contribution in [0.25, 0.3) is 0 Å². The first-order valence-corrected chi connectivity index (χ1v) is 8.14. The fraction of sp³-hybridized carbons (Fsp3) is 0.250. The normalized spacial score (nSPS) is 12.4. The second kappa shape index (κ2) is 7.37. The van der Waals surface area contributed by atoms with Gasteiger partial charge in [-0.05, 0) is 42.7 Å². The van der Waals surface area contributed by atoms with Crippen molar-refractivity contribution in [3.05, 3.63) is 58.1 Å². The monoisotopic (exact) mass is 325 g/mol. The van der Waals surface area contributed by atoms with Gasteiger partial charge in [0.25, 0.3) is 0 Å². The maximum Gasteiger partial charge on any atom is 0.0545 e. The van der Waals surface area contributed by atoms with Crippen molar-refractivity contribution in [2.24, 2.45) is 5.73 Å². The average Bonchev–Trinajstić information content (AvgIpc) is 2.44. The number of halogens is 2. The van der Waals surface area contributed by atoms with Crippen LogP contribution in [0.4, 0.5) is 0 Å². The predicted octanol–water partition coefficient (Wildman–Crippen LogP) is 5.42. The number of hydrogen-bond acceptors (Lipinski definition) is 2. The molecule has 4 heteroatoms. The van der Waals surface area contributed by atoms with Crippen LogP contribution in [0.1, 0.15) is 18.9 Å². The van der Waals surface area contributed by atoms with E-state index in [1.54, 1.807) is 11.8 Å². The molecule has 2 N–H and O–H groups in total. The highest BCUT2D eigenvalue weighted by Crippen LogP contribution is 2.37. The molecule has 1 atom stereocenters. The molecular weight excluding hydrogens is 309 g/mol. The quantitative estimate of drug-likeness (QED) is 0.793. The molecule has 0 saturated heterocycles. The van der Waals surface area contributed by atoms with E-state index in [2.05, 4.69) is 13.0 Å². The first-order chi connectivity index (χ1) is 9.61. The first kappa shape index (κ1) is 15.7. The zero-order chi connectivity index (χ0) is 14.5. The van der Waals surface area contributed by atoms with Crippen LogP contribution >= 0.6 is 35.0 Å². The maximum atomic E-state index is 6.33. The third kappa shape index (κ3) is 3.92. The van der Waals surface area contributed by atoms with Crippen LogP contribution in [0.5, 0.6) is 0 Å². The van der Waals surface area contributed by atoms with Crippen LogP contribution in [0.15, 0.2) is 52.3 Å². The number of rotatable bonds is 5. The Labute approximate surface area is 134 Å². The molecule has 0 aliphatic heterocycles. The van der Waals surface area contributed by atoms with E-state index >= 15 is 0 Å². The van der Waals surface area contributed by atoms with Crippen LogP contribution in [-0.4, -0.2) is 6.04 Å². The summed E-state index contributed by atoms with van der Waals surface area (Å²) in [6.07, 6.45) is 1.71. The van der Waals surface area contributed by atoms with E-state index < -0.39 is 0 Å². The summed E-state index contributed by atoms with van der Waals surface area (Å²) in [5.41, 5.74) is 7.18. The molecule has 2 aromatic rings. The smallest absolute Gasteiger partial charge is 0.0545 e. The van der Waals surface area contributed by atoms with Crippen molar-refractivity contribution in [2.75, 3.05) is 0 Å². The van der Waals surface area contributed by atoms with Crippen molar-refractivity contribution in [3.8, 4) is 0 Å². The topological polar surface area (TPSA) is 26.0 Å². The van der Waals surface area contributed by atoms with Gasteiger partial charge in [0.2, 0.25) is 0 Å². The van der Waals surface area contributed by atoms with Gasteiger partial charge in [-0.2, -0.15) is 0 Å². The number of nitrogens with two attached hydrogens (primary N) is 1. The van der Waals surface area contributed by atoms with Crippen LogP contribution in [0.3, 0.4) is 0 Å². The Morgan fingerprint density at radius 2 is 1.65 bits per heavy atom. The third-order valence-electron chi connectivity index (χ3n) is 3.12. The molecule has 0 saturated carbocycles. The lowest BCUT2D eigenvalue weighted by atomic mass is 10.0. The summed E-state index contributed by atoms with van der Waals surface area (Å²) in [5.74, 6) is 0. The summed E-state index contributed by atoms with van der Waals surface area (Å²) in [5, 5.41) is 1.52. The molecule has 0 heterocycles. The summed E-state index contributed by atoms with van der Waals surface area (Å²) in [6.45, 7) is 2.09. The summed E-state index contributed by atoms with van der Waals surface area (Å²) in [6, 6.07) is 13.9. The lowest BCUT2D eigenvalue weighted by Crippen LogP contribution is -2.21. The molecule has 20 heavy (non-hydrogen) atoms. The van der Waals surface area contributed by atoms with Gasteiger partial charge in [-0.25, -0.2) is 0 Å². The van der Waals surface area contributed by atoms with E-state index in [0.717, 1.165) is 38.2 Å². The summed E-state index contributed by atoms with van der Waals surface area (Å²) < 4.78 is 0. The predicted molar refractivity (Wildman–Crippen MR) is 89.0 cm³/mol. The molecule has 0 spiro atoms. The van der Waals surface area contributed by atoms with E-state index in [0.29, 0.717) is 0 Å². The van der Waals surface area contributed by atoms with E-state index in [-0.39, 0.29) is 6.04 Å². The molecule has 0 fully saturated rings. The Balaban J connectivity index is 2.32. The van der Waals surface area contributed by atoms with Crippen LogP contribution in [0.2, 0.25) is 10.0 Å².